The summed E-state index contributed by atoms with van der Waals surface area (Å²) in [5.41, 5.74) is 1.32. The van der Waals surface area contributed by atoms with Crippen molar-refractivity contribution in [2.75, 3.05) is 21.2 Å². The molecule has 0 aliphatic heterocycles. The van der Waals surface area contributed by atoms with Crippen LogP contribution in [-0.4, -0.2) is 32.5 Å². The van der Waals surface area contributed by atoms with Gasteiger partial charge in [-0.05, 0) is 48.9 Å². The van der Waals surface area contributed by atoms with Crippen LogP contribution in [0.25, 0.3) is 0 Å². The number of halogens is 1. The Morgan fingerprint density at radius 1 is 1.07 bits per heavy atom. The van der Waals surface area contributed by atoms with Crippen molar-refractivity contribution in [3.05, 3.63) is 53.6 Å². The Morgan fingerprint density at radius 3 is 2.14 bits per heavy atom. The molecule has 7 nitrogen and oxygen atoms in total. The number of nitrogens with zero attached hydrogens (tertiary/aromatic N) is 1. The van der Waals surface area contributed by atoms with Crippen LogP contribution in [0.15, 0.2) is 48.5 Å². The van der Waals surface area contributed by atoms with Crippen molar-refractivity contribution in [1.29, 1.82) is 0 Å². The van der Waals surface area contributed by atoms with E-state index in [1.54, 1.807) is 55.5 Å². The zero-order valence-corrected chi connectivity index (χ0v) is 17.3. The van der Waals surface area contributed by atoms with Gasteiger partial charge in [-0.25, -0.2) is 8.42 Å². The van der Waals surface area contributed by atoms with Gasteiger partial charge in [0.05, 0.1) is 11.9 Å². The van der Waals surface area contributed by atoms with Crippen molar-refractivity contribution in [3.63, 3.8) is 0 Å². The zero-order valence-electron chi connectivity index (χ0n) is 15.8. The summed E-state index contributed by atoms with van der Waals surface area (Å²) >= 11 is 5.89. The average Bonchev–Trinajstić information content (AvgIpc) is 2.59. The van der Waals surface area contributed by atoms with Gasteiger partial charge in [-0.1, -0.05) is 24.6 Å². The van der Waals surface area contributed by atoms with E-state index >= 15 is 0 Å². The Morgan fingerprint density at radius 2 is 1.64 bits per heavy atom. The maximum atomic E-state index is 12.9. The lowest BCUT2D eigenvalue weighted by atomic mass is 10.1. The van der Waals surface area contributed by atoms with Crippen molar-refractivity contribution in [2.24, 2.45) is 0 Å². The number of nitrogens with one attached hydrogen (secondary N) is 2. The summed E-state index contributed by atoms with van der Waals surface area (Å²) in [7, 11) is -3.73. The molecule has 0 fully saturated rings. The molecule has 0 saturated heterocycles. The van der Waals surface area contributed by atoms with E-state index in [1.165, 1.54) is 6.92 Å². The van der Waals surface area contributed by atoms with Gasteiger partial charge in [0.2, 0.25) is 21.8 Å². The topological polar surface area (TPSA) is 95.6 Å². The van der Waals surface area contributed by atoms with E-state index in [0.29, 0.717) is 22.1 Å². The van der Waals surface area contributed by atoms with Gasteiger partial charge in [-0.3, -0.25) is 13.9 Å². The van der Waals surface area contributed by atoms with Crippen LogP contribution in [0, 0.1) is 0 Å². The van der Waals surface area contributed by atoms with Gasteiger partial charge < -0.3 is 10.6 Å². The second-order valence-electron chi connectivity index (χ2n) is 6.21. The maximum Gasteiger partial charge on any atom is 0.248 e. The molecule has 0 bridgehead atoms. The molecule has 0 aromatic heterocycles. The van der Waals surface area contributed by atoms with Crippen molar-refractivity contribution >= 4 is 50.5 Å². The first-order valence-electron chi connectivity index (χ1n) is 8.55. The molecule has 2 amide bonds. The molecule has 9 heteroatoms. The van der Waals surface area contributed by atoms with Gasteiger partial charge in [0.15, 0.2) is 0 Å². The van der Waals surface area contributed by atoms with Crippen LogP contribution < -0.4 is 14.9 Å². The summed E-state index contributed by atoms with van der Waals surface area (Å²) in [6.07, 6.45) is 1.31. The molecule has 0 saturated carbocycles. The van der Waals surface area contributed by atoms with Crippen molar-refractivity contribution < 1.29 is 18.0 Å². The molecule has 0 aliphatic rings. The lowest BCUT2D eigenvalue weighted by Crippen LogP contribution is -2.47. The van der Waals surface area contributed by atoms with E-state index in [9.17, 15) is 18.0 Å². The molecule has 0 heterocycles. The number of hydrogen-bond acceptors (Lipinski definition) is 4. The Labute approximate surface area is 169 Å². The third-order valence-electron chi connectivity index (χ3n) is 3.86. The summed E-state index contributed by atoms with van der Waals surface area (Å²) < 4.78 is 25.9. The number of carbonyl (C=O) groups excluding carboxylic acids is 2. The molecule has 0 radical (unpaired) electrons. The first-order valence-corrected chi connectivity index (χ1v) is 10.8. The third-order valence-corrected chi connectivity index (χ3v) is 5.29. The largest absolute Gasteiger partial charge is 0.326 e. The summed E-state index contributed by atoms with van der Waals surface area (Å²) in [5, 5.41) is 5.81. The van der Waals surface area contributed by atoms with E-state index in [4.69, 9.17) is 11.6 Å². The molecule has 2 N–H and O–H groups in total. The van der Waals surface area contributed by atoms with Crippen LogP contribution in [0.5, 0.6) is 0 Å². The molecule has 1 atom stereocenters. The molecule has 0 unspecified atom stereocenters. The van der Waals surface area contributed by atoms with E-state index in [-0.39, 0.29) is 12.3 Å². The minimum Gasteiger partial charge on any atom is -0.326 e. The van der Waals surface area contributed by atoms with Crippen LogP contribution in [0.3, 0.4) is 0 Å². The highest BCUT2D eigenvalue weighted by Crippen LogP contribution is 2.25. The Hall–Kier alpha value is -2.58. The smallest absolute Gasteiger partial charge is 0.248 e. The van der Waals surface area contributed by atoms with Crippen LogP contribution in [0.4, 0.5) is 17.1 Å². The monoisotopic (exact) mass is 423 g/mol. The first-order chi connectivity index (χ1) is 13.1. The van der Waals surface area contributed by atoms with E-state index in [2.05, 4.69) is 10.6 Å². The van der Waals surface area contributed by atoms with Gasteiger partial charge in [0, 0.05) is 23.3 Å². The highest BCUT2D eigenvalue weighted by Gasteiger charge is 2.31. The van der Waals surface area contributed by atoms with Crippen LogP contribution in [0.2, 0.25) is 5.02 Å². The van der Waals surface area contributed by atoms with Crippen LogP contribution in [-0.2, 0) is 19.6 Å². The molecule has 0 aliphatic carbocycles. The van der Waals surface area contributed by atoms with Crippen molar-refractivity contribution in [1.82, 2.24) is 0 Å². The minimum atomic E-state index is -3.73. The second-order valence-corrected chi connectivity index (χ2v) is 8.51. The summed E-state index contributed by atoms with van der Waals surface area (Å²) in [4.78, 5) is 24.1. The fraction of sp³-hybridized carbons (Fsp3) is 0.263. The Kier molecular flexibility index (Phi) is 7.04. The molecule has 28 heavy (non-hydrogen) atoms. The standard InChI is InChI=1S/C19H22ClN3O4S/c1-4-18(23(28(3,26)27)17-10-8-14(20)9-11-17)19(25)22-16-7-5-6-15(12-16)21-13(2)24/h5-12,18H,4H2,1-3H3,(H,21,24)(H,22,25)/t18-/m1/s1. The van der Waals surface area contributed by atoms with Crippen LogP contribution in [0.1, 0.15) is 20.3 Å². The van der Waals surface area contributed by atoms with Gasteiger partial charge in [-0.15, -0.1) is 0 Å². The lowest BCUT2D eigenvalue weighted by Gasteiger charge is -2.30. The first kappa shape index (κ1) is 21.7. The number of anilines is 3. The fourth-order valence-corrected chi connectivity index (χ4v) is 4.09. The number of amides is 2. The van der Waals surface area contributed by atoms with Crippen molar-refractivity contribution in [2.45, 2.75) is 26.3 Å². The summed E-state index contributed by atoms with van der Waals surface area (Å²) in [6.45, 7) is 3.11. The molecule has 2 rings (SSSR count). The van der Waals surface area contributed by atoms with Crippen LogP contribution >= 0.6 is 11.6 Å². The number of carbonyl (C=O) groups is 2. The van der Waals surface area contributed by atoms with E-state index < -0.39 is 22.0 Å². The normalized spacial score (nSPS) is 12.1. The van der Waals surface area contributed by atoms with Crippen molar-refractivity contribution in [3.8, 4) is 0 Å². The third kappa shape index (κ3) is 5.71. The predicted molar refractivity (Wildman–Crippen MR) is 112 cm³/mol. The molecular formula is C19H22ClN3O4S. The molecular weight excluding hydrogens is 402 g/mol. The average molecular weight is 424 g/mol. The summed E-state index contributed by atoms with van der Waals surface area (Å²) in [5.74, 6) is -0.719. The lowest BCUT2D eigenvalue weighted by molar-refractivity contribution is -0.117. The highest BCUT2D eigenvalue weighted by molar-refractivity contribution is 7.92. The second kappa shape index (κ2) is 9.07. The molecule has 0 spiro atoms. The fourth-order valence-electron chi connectivity index (χ4n) is 2.75. The van der Waals surface area contributed by atoms with Gasteiger partial charge in [0.25, 0.3) is 0 Å². The SMILES string of the molecule is CC[C@H](C(=O)Nc1cccc(NC(C)=O)c1)N(c1ccc(Cl)cc1)S(C)(=O)=O. The Bertz CT molecular complexity index is 961. The number of hydrogen-bond donors (Lipinski definition) is 2. The minimum absolute atomic E-state index is 0.235. The van der Waals surface area contributed by atoms with Gasteiger partial charge >= 0.3 is 0 Å². The highest BCUT2D eigenvalue weighted by atomic mass is 35.5. The Balaban J connectivity index is 2.32. The molecule has 2 aromatic carbocycles. The van der Waals surface area contributed by atoms with Gasteiger partial charge in [0.1, 0.15) is 6.04 Å². The van der Waals surface area contributed by atoms with Gasteiger partial charge in [-0.2, -0.15) is 0 Å². The number of rotatable bonds is 7. The number of benzene rings is 2. The molecule has 150 valence electrons. The molecule has 2 aromatic rings. The van der Waals surface area contributed by atoms with E-state index in [0.717, 1.165) is 10.6 Å². The predicted octanol–water partition coefficient (Wildman–Crippen LogP) is 3.48. The zero-order chi connectivity index (χ0) is 20.9. The summed E-state index contributed by atoms with van der Waals surface area (Å²) in [6, 6.07) is 11.9. The van der Waals surface area contributed by atoms with E-state index in [1.807, 2.05) is 0 Å². The maximum absolute atomic E-state index is 12.9. The quantitative estimate of drug-likeness (QED) is 0.712. The number of sulfonamides is 1.